The minimum Gasteiger partial charge on any atom is -0.496 e. The van der Waals surface area contributed by atoms with E-state index in [2.05, 4.69) is 0 Å². The third-order valence-electron chi connectivity index (χ3n) is 5.68. The van der Waals surface area contributed by atoms with Gasteiger partial charge in [0.05, 0.1) is 24.8 Å². The second-order valence-corrected chi connectivity index (χ2v) is 7.93. The standard InChI is InChI=1S/C21H22BClF2N2O2/c1-11-7-13(3)26-20(11)19(15-9-18(29-6)16(23)10-17(15)28-5)21-12(2)8-14(4)27(21)22(26,24)25/h7-10H,1-6H3. The Hall–Kier alpha value is -2.54. The van der Waals surface area contributed by atoms with Crippen molar-refractivity contribution >= 4 is 29.9 Å². The van der Waals surface area contributed by atoms with Crippen molar-refractivity contribution in [1.29, 1.82) is 0 Å². The molecule has 0 radical (unpaired) electrons. The summed E-state index contributed by atoms with van der Waals surface area (Å²) in [5.41, 5.74) is 4.89. The zero-order valence-corrected chi connectivity index (χ0v) is 18.0. The summed E-state index contributed by atoms with van der Waals surface area (Å²) in [7, 11) is 3.06. The predicted octanol–water partition coefficient (Wildman–Crippen LogP) is 5.20. The Morgan fingerprint density at radius 2 is 1.66 bits per heavy atom. The van der Waals surface area contributed by atoms with Gasteiger partial charge in [0.25, 0.3) is 0 Å². The lowest BCUT2D eigenvalue weighted by molar-refractivity contribution is -0.363. The number of halogens is 3. The van der Waals surface area contributed by atoms with Crippen LogP contribution in [-0.4, -0.2) is 35.9 Å². The number of aryl methyl sites for hydroxylation is 2. The fraction of sp³-hybridized carbons (Fsp3) is 0.286. The molecule has 4 nitrogen and oxygen atoms in total. The third kappa shape index (κ3) is 2.60. The van der Waals surface area contributed by atoms with Gasteiger partial charge in [-0.25, -0.2) is 0 Å². The molecule has 1 aromatic carbocycles. The topological polar surface area (TPSA) is 26.4 Å². The van der Waals surface area contributed by atoms with Crippen molar-refractivity contribution in [3.63, 3.8) is 0 Å². The maximum absolute atomic E-state index is 15.7. The number of aromatic nitrogens is 1. The lowest BCUT2D eigenvalue weighted by Gasteiger charge is -2.34. The molecule has 152 valence electrons. The van der Waals surface area contributed by atoms with Crippen molar-refractivity contribution < 1.29 is 22.6 Å². The maximum Gasteiger partial charge on any atom is 0.737 e. The molecule has 2 aliphatic rings. The van der Waals surface area contributed by atoms with Crippen LogP contribution in [0.1, 0.15) is 36.4 Å². The van der Waals surface area contributed by atoms with E-state index in [1.165, 1.54) is 14.2 Å². The molecule has 0 fully saturated rings. The summed E-state index contributed by atoms with van der Waals surface area (Å²) >= 11 is 6.29. The van der Waals surface area contributed by atoms with E-state index in [0.29, 0.717) is 50.5 Å². The van der Waals surface area contributed by atoms with Crippen molar-refractivity contribution in [2.75, 3.05) is 14.2 Å². The molecule has 0 aliphatic carbocycles. The summed E-state index contributed by atoms with van der Waals surface area (Å²) in [4.78, 5) is 0. The van der Waals surface area contributed by atoms with Crippen LogP contribution in [0.3, 0.4) is 0 Å². The summed E-state index contributed by atoms with van der Waals surface area (Å²) in [5.74, 6) is 0.955. The van der Waals surface area contributed by atoms with Crippen LogP contribution in [0.5, 0.6) is 11.5 Å². The quantitative estimate of drug-likeness (QED) is 0.640. The Bertz CT molecular complexity index is 1160. The molecular formula is C21H22BClF2N2O2. The maximum atomic E-state index is 15.7. The van der Waals surface area contributed by atoms with Crippen molar-refractivity contribution in [3.05, 3.63) is 63.1 Å². The van der Waals surface area contributed by atoms with Crippen molar-refractivity contribution in [2.45, 2.75) is 27.7 Å². The number of nitrogens with zero attached hydrogens (tertiary/aromatic N) is 2. The minimum atomic E-state index is -4.03. The van der Waals surface area contributed by atoms with Gasteiger partial charge in [-0.15, -0.1) is 0 Å². The molecule has 0 spiro atoms. The van der Waals surface area contributed by atoms with E-state index in [1.807, 2.05) is 13.8 Å². The van der Waals surface area contributed by atoms with E-state index in [-0.39, 0.29) is 0 Å². The number of fused-ring (bicyclic) bond motifs is 2. The lowest BCUT2D eigenvalue weighted by atomic mass is 9.83. The Morgan fingerprint density at radius 3 is 2.28 bits per heavy atom. The fourth-order valence-corrected chi connectivity index (χ4v) is 4.84. The highest BCUT2D eigenvalue weighted by molar-refractivity contribution is 6.58. The van der Waals surface area contributed by atoms with Gasteiger partial charge in [0.2, 0.25) is 0 Å². The van der Waals surface area contributed by atoms with Crippen LogP contribution in [0.15, 0.2) is 35.5 Å². The highest BCUT2D eigenvalue weighted by Crippen LogP contribution is 2.47. The van der Waals surface area contributed by atoms with E-state index in [4.69, 9.17) is 21.1 Å². The summed E-state index contributed by atoms with van der Waals surface area (Å²) < 4.78 is 44.7. The Labute approximate surface area is 173 Å². The number of allylic oxidation sites excluding steroid dienone is 2. The largest absolute Gasteiger partial charge is 0.737 e. The number of benzene rings is 1. The molecule has 0 atom stereocenters. The summed E-state index contributed by atoms with van der Waals surface area (Å²) in [6, 6.07) is 5.21. The van der Waals surface area contributed by atoms with Gasteiger partial charge in [-0.1, -0.05) is 11.6 Å². The number of methoxy groups -OCH3 is 2. The van der Waals surface area contributed by atoms with Gasteiger partial charge in [-0.3, -0.25) is 0 Å². The van der Waals surface area contributed by atoms with Crippen molar-refractivity contribution in [3.8, 4) is 11.5 Å². The van der Waals surface area contributed by atoms with Gasteiger partial charge >= 0.3 is 6.97 Å². The molecule has 4 rings (SSSR count). The molecular weight excluding hydrogens is 397 g/mol. The van der Waals surface area contributed by atoms with E-state index >= 15 is 8.63 Å². The van der Waals surface area contributed by atoms with Gasteiger partial charge in [0.1, 0.15) is 17.2 Å². The number of rotatable bonds is 3. The highest BCUT2D eigenvalue weighted by Gasteiger charge is 2.55. The Kier molecular flexibility index (Phi) is 4.42. The molecule has 0 saturated carbocycles. The van der Waals surface area contributed by atoms with Crippen LogP contribution < -0.4 is 9.47 Å². The molecule has 8 heteroatoms. The smallest absolute Gasteiger partial charge is 0.496 e. The van der Waals surface area contributed by atoms with E-state index in [1.54, 1.807) is 38.1 Å². The zero-order chi connectivity index (χ0) is 21.2. The number of hydrogen-bond acceptors (Lipinski definition) is 2. The molecule has 2 aliphatic heterocycles. The van der Waals surface area contributed by atoms with Crippen molar-refractivity contribution in [1.82, 2.24) is 4.48 Å². The van der Waals surface area contributed by atoms with Gasteiger partial charge in [-0.2, -0.15) is 0 Å². The Morgan fingerprint density at radius 1 is 1.00 bits per heavy atom. The number of ether oxygens (including phenoxy) is 2. The molecule has 0 bridgehead atoms. The first-order chi connectivity index (χ1) is 13.6. The van der Waals surface area contributed by atoms with Crippen LogP contribution in [0.4, 0.5) is 8.63 Å². The molecule has 1 aromatic heterocycles. The van der Waals surface area contributed by atoms with E-state index in [0.717, 1.165) is 20.1 Å². The van der Waals surface area contributed by atoms with Crippen molar-refractivity contribution in [2.24, 2.45) is 0 Å². The first kappa shape index (κ1) is 19.8. The van der Waals surface area contributed by atoms with Crippen LogP contribution >= 0.6 is 11.6 Å². The predicted molar refractivity (Wildman–Crippen MR) is 113 cm³/mol. The molecule has 29 heavy (non-hydrogen) atoms. The Balaban J connectivity index is 2.20. The second kappa shape index (κ2) is 6.49. The van der Waals surface area contributed by atoms with Gasteiger partial charge in [0, 0.05) is 35.9 Å². The average molecular weight is 419 g/mol. The third-order valence-corrected chi connectivity index (χ3v) is 5.97. The normalized spacial score (nSPS) is 17.3. The zero-order valence-electron chi connectivity index (χ0n) is 17.2. The summed E-state index contributed by atoms with van der Waals surface area (Å²) in [6.45, 7) is 3.10. The molecule has 0 saturated heterocycles. The number of hydrogen-bond donors (Lipinski definition) is 0. The highest BCUT2D eigenvalue weighted by atomic mass is 35.5. The minimum absolute atomic E-state index is 0.394. The molecule has 0 unspecified atom stereocenters. The molecule has 0 N–H and O–H groups in total. The van der Waals surface area contributed by atoms with Crippen LogP contribution in [0.2, 0.25) is 5.02 Å². The van der Waals surface area contributed by atoms with Gasteiger partial charge < -0.3 is 27.1 Å². The van der Waals surface area contributed by atoms with E-state index < -0.39 is 6.97 Å². The summed E-state index contributed by atoms with van der Waals surface area (Å²) in [6.07, 6.45) is 1.79. The average Bonchev–Trinajstić information content (AvgIpc) is 3.12. The monoisotopic (exact) mass is 418 g/mol. The SMILES string of the molecule is COc1cc(C2=C3C(C)=CC(C)=[N+]3[B-](F)(F)n3c(C)cc(C)c32)c(OC)cc1Cl. The second-order valence-electron chi connectivity index (χ2n) is 7.53. The molecule has 2 aromatic rings. The van der Waals surface area contributed by atoms with Crippen LogP contribution in [0, 0.1) is 13.8 Å². The van der Waals surface area contributed by atoms with Gasteiger partial charge in [0.15, 0.2) is 5.70 Å². The van der Waals surface area contributed by atoms with Crippen LogP contribution in [0.25, 0.3) is 5.57 Å². The fourth-order valence-electron chi connectivity index (χ4n) is 4.61. The molecule has 0 amide bonds. The first-order valence-electron chi connectivity index (χ1n) is 9.32. The van der Waals surface area contributed by atoms with Crippen LogP contribution in [-0.2, 0) is 0 Å². The lowest BCUT2D eigenvalue weighted by Crippen LogP contribution is -2.51. The van der Waals surface area contributed by atoms with E-state index in [9.17, 15) is 0 Å². The molecule has 3 heterocycles. The van der Waals surface area contributed by atoms with Gasteiger partial charge in [-0.05, 0) is 44.2 Å². The first-order valence-corrected chi connectivity index (χ1v) is 9.70. The summed E-state index contributed by atoms with van der Waals surface area (Å²) in [5, 5.41) is 0.394.